The topological polar surface area (TPSA) is 75.9 Å². The summed E-state index contributed by atoms with van der Waals surface area (Å²) in [5.41, 5.74) is 2.40. The van der Waals surface area contributed by atoms with Crippen LogP contribution in [0.15, 0.2) is 43.0 Å². The van der Waals surface area contributed by atoms with Gasteiger partial charge in [0, 0.05) is 37.7 Å². The van der Waals surface area contributed by atoms with Crippen LogP contribution in [-0.2, 0) is 13.2 Å². The Bertz CT molecular complexity index is 1100. The Kier molecular flexibility index (Phi) is 5.38. The van der Waals surface area contributed by atoms with Crippen molar-refractivity contribution in [3.8, 4) is 0 Å². The third-order valence-corrected chi connectivity index (χ3v) is 5.49. The molecule has 0 unspecified atom stereocenters. The van der Waals surface area contributed by atoms with Crippen LogP contribution < -0.4 is 10.2 Å². The average molecular weight is 430 g/mol. The number of carbonyl (C=O) groups is 1. The molecule has 1 N–H and O–H groups in total. The molecule has 3 heterocycles. The number of amides is 1. The van der Waals surface area contributed by atoms with Crippen LogP contribution in [0.5, 0.6) is 0 Å². The number of aromatic nitrogens is 4. The van der Waals surface area contributed by atoms with Crippen molar-refractivity contribution in [1.29, 1.82) is 0 Å². The molecule has 162 valence electrons. The lowest BCUT2D eigenvalue weighted by Crippen LogP contribution is -2.20. The highest BCUT2D eigenvalue weighted by Crippen LogP contribution is 2.33. The zero-order valence-electron chi connectivity index (χ0n) is 17.0. The molecule has 0 radical (unpaired) electrons. The first-order valence-corrected chi connectivity index (χ1v) is 9.75. The molecule has 1 amide bonds. The Hall–Kier alpha value is -3.43. The second-order valence-electron chi connectivity index (χ2n) is 7.59. The van der Waals surface area contributed by atoms with Gasteiger partial charge in [0.1, 0.15) is 12.1 Å². The van der Waals surface area contributed by atoms with Gasteiger partial charge in [-0.15, -0.1) is 0 Å². The molecule has 3 aromatic rings. The van der Waals surface area contributed by atoms with E-state index in [0.717, 1.165) is 47.1 Å². The first-order valence-electron chi connectivity index (χ1n) is 9.75. The second-order valence-corrected chi connectivity index (χ2v) is 7.59. The van der Waals surface area contributed by atoms with Crippen LogP contribution in [0.3, 0.4) is 0 Å². The minimum atomic E-state index is -4.57. The van der Waals surface area contributed by atoms with E-state index < -0.39 is 17.8 Å². The SMILES string of the molecule is Cc1ccc(C(=O)Nc2cc(C(F)(F)F)nn2C)cc1[C@@H]1CCN(c2cncnc2)C1. The lowest BCUT2D eigenvalue weighted by Gasteiger charge is -2.19. The second kappa shape index (κ2) is 8.01. The molecule has 7 nitrogen and oxygen atoms in total. The summed E-state index contributed by atoms with van der Waals surface area (Å²) < 4.78 is 39.6. The van der Waals surface area contributed by atoms with Gasteiger partial charge in [-0.3, -0.25) is 9.48 Å². The van der Waals surface area contributed by atoms with Gasteiger partial charge in [-0.2, -0.15) is 18.3 Å². The fraction of sp³-hybridized carbons (Fsp3) is 0.333. The lowest BCUT2D eigenvalue weighted by atomic mass is 9.92. The van der Waals surface area contributed by atoms with E-state index in [0.29, 0.717) is 5.56 Å². The number of hydrogen-bond donors (Lipinski definition) is 1. The molecule has 1 fully saturated rings. The number of nitrogens with one attached hydrogen (secondary N) is 1. The maximum Gasteiger partial charge on any atom is 0.435 e. The maximum absolute atomic E-state index is 12.9. The summed E-state index contributed by atoms with van der Waals surface area (Å²) in [6.07, 6.45) is 1.38. The molecule has 31 heavy (non-hydrogen) atoms. The molecule has 0 bridgehead atoms. The van der Waals surface area contributed by atoms with E-state index >= 15 is 0 Å². The highest BCUT2D eigenvalue weighted by Gasteiger charge is 2.35. The number of anilines is 2. The number of rotatable bonds is 4. The van der Waals surface area contributed by atoms with Crippen molar-refractivity contribution >= 4 is 17.4 Å². The average Bonchev–Trinajstić information content (AvgIpc) is 3.36. The molecular formula is C21H21F3N6O. The van der Waals surface area contributed by atoms with Gasteiger partial charge in [0.05, 0.1) is 18.1 Å². The van der Waals surface area contributed by atoms with Crippen LogP contribution in [-0.4, -0.2) is 38.7 Å². The number of alkyl halides is 3. The van der Waals surface area contributed by atoms with Gasteiger partial charge in [-0.1, -0.05) is 6.07 Å². The third kappa shape index (κ3) is 4.37. The van der Waals surface area contributed by atoms with E-state index in [1.807, 2.05) is 19.1 Å². The Morgan fingerprint density at radius 1 is 1.19 bits per heavy atom. The molecule has 0 spiro atoms. The van der Waals surface area contributed by atoms with Gasteiger partial charge in [-0.25, -0.2) is 9.97 Å². The molecule has 1 aliphatic rings. The molecule has 0 saturated carbocycles. The minimum Gasteiger partial charge on any atom is -0.368 e. The van der Waals surface area contributed by atoms with E-state index in [-0.39, 0.29) is 11.7 Å². The molecule has 2 aromatic heterocycles. The largest absolute Gasteiger partial charge is 0.435 e. The van der Waals surface area contributed by atoms with Crippen LogP contribution >= 0.6 is 0 Å². The summed E-state index contributed by atoms with van der Waals surface area (Å²) in [7, 11) is 1.35. The van der Waals surface area contributed by atoms with E-state index in [1.165, 1.54) is 13.4 Å². The van der Waals surface area contributed by atoms with Crippen molar-refractivity contribution in [2.75, 3.05) is 23.3 Å². The van der Waals surface area contributed by atoms with Crippen LogP contribution in [0.2, 0.25) is 0 Å². The van der Waals surface area contributed by atoms with Crippen LogP contribution in [0.25, 0.3) is 0 Å². The van der Waals surface area contributed by atoms with Gasteiger partial charge in [-0.05, 0) is 36.6 Å². The predicted octanol–water partition coefficient (Wildman–Crippen LogP) is 3.78. The van der Waals surface area contributed by atoms with Crippen molar-refractivity contribution in [3.05, 3.63) is 65.4 Å². The van der Waals surface area contributed by atoms with Crippen molar-refractivity contribution in [2.45, 2.75) is 25.4 Å². The number of benzene rings is 1. The zero-order chi connectivity index (χ0) is 22.2. The normalized spacial score (nSPS) is 16.5. The van der Waals surface area contributed by atoms with Gasteiger partial charge in [0.15, 0.2) is 5.69 Å². The van der Waals surface area contributed by atoms with Crippen molar-refractivity contribution in [3.63, 3.8) is 0 Å². The van der Waals surface area contributed by atoms with Crippen LogP contribution in [0.4, 0.5) is 24.7 Å². The smallest absolute Gasteiger partial charge is 0.368 e. The first-order chi connectivity index (χ1) is 14.7. The van der Waals surface area contributed by atoms with Gasteiger partial charge < -0.3 is 10.2 Å². The summed E-state index contributed by atoms with van der Waals surface area (Å²) in [4.78, 5) is 23.1. The van der Waals surface area contributed by atoms with Crippen molar-refractivity contribution in [2.24, 2.45) is 7.05 Å². The van der Waals surface area contributed by atoms with Gasteiger partial charge in [0.25, 0.3) is 5.91 Å². The van der Waals surface area contributed by atoms with Crippen LogP contribution in [0, 0.1) is 6.92 Å². The molecule has 1 aromatic carbocycles. The van der Waals surface area contributed by atoms with Crippen LogP contribution in [0.1, 0.15) is 39.5 Å². The van der Waals surface area contributed by atoms with E-state index in [1.54, 1.807) is 18.5 Å². The molecule has 4 rings (SSSR count). The van der Waals surface area contributed by atoms with E-state index in [9.17, 15) is 18.0 Å². The number of hydrogen-bond acceptors (Lipinski definition) is 5. The Morgan fingerprint density at radius 2 is 1.94 bits per heavy atom. The minimum absolute atomic E-state index is 0.0180. The predicted molar refractivity (Wildman–Crippen MR) is 109 cm³/mol. The van der Waals surface area contributed by atoms with Crippen molar-refractivity contribution < 1.29 is 18.0 Å². The zero-order valence-corrected chi connectivity index (χ0v) is 17.0. The Balaban J connectivity index is 1.52. The lowest BCUT2D eigenvalue weighted by molar-refractivity contribution is -0.141. The van der Waals surface area contributed by atoms with Gasteiger partial charge in [0.2, 0.25) is 0 Å². The first kappa shape index (κ1) is 20.8. The highest BCUT2D eigenvalue weighted by atomic mass is 19.4. The summed E-state index contributed by atoms with van der Waals surface area (Å²) in [6, 6.07) is 6.18. The maximum atomic E-state index is 12.9. The number of aryl methyl sites for hydroxylation is 2. The molecule has 1 atom stereocenters. The molecule has 10 heteroatoms. The summed E-state index contributed by atoms with van der Waals surface area (Å²) in [5, 5.41) is 5.95. The summed E-state index contributed by atoms with van der Waals surface area (Å²) in [5.74, 6) is -0.277. The standard InChI is InChI=1S/C21H21F3N6O/c1-13-3-4-14(20(31)27-19-8-18(21(22,23)24)28-29(19)2)7-17(13)15-5-6-30(11-15)16-9-25-12-26-10-16/h3-4,7-10,12,15H,5-6,11H2,1-2H3,(H,27,31)/t15-/m1/s1. The molecular weight excluding hydrogens is 409 g/mol. The summed E-state index contributed by atoms with van der Waals surface area (Å²) >= 11 is 0. The monoisotopic (exact) mass is 430 g/mol. The fourth-order valence-corrected chi connectivity index (χ4v) is 3.84. The number of halogens is 3. The fourth-order valence-electron chi connectivity index (χ4n) is 3.84. The third-order valence-electron chi connectivity index (χ3n) is 5.49. The summed E-state index contributed by atoms with van der Waals surface area (Å²) in [6.45, 7) is 3.61. The molecule has 1 saturated heterocycles. The van der Waals surface area contributed by atoms with E-state index in [4.69, 9.17) is 0 Å². The number of nitrogens with zero attached hydrogens (tertiary/aromatic N) is 5. The van der Waals surface area contributed by atoms with Crippen molar-refractivity contribution in [1.82, 2.24) is 19.7 Å². The highest BCUT2D eigenvalue weighted by molar-refractivity contribution is 6.04. The Labute approximate surface area is 176 Å². The van der Waals surface area contributed by atoms with E-state index in [2.05, 4.69) is 25.3 Å². The Morgan fingerprint density at radius 3 is 2.61 bits per heavy atom. The number of carbonyl (C=O) groups excluding carboxylic acids is 1. The molecule has 0 aliphatic carbocycles. The van der Waals surface area contributed by atoms with Gasteiger partial charge >= 0.3 is 6.18 Å². The molecule has 1 aliphatic heterocycles. The quantitative estimate of drug-likeness (QED) is 0.682.